The van der Waals surface area contributed by atoms with Gasteiger partial charge < -0.3 is 15.1 Å². The first kappa shape index (κ1) is 25.9. The molecule has 1 aromatic rings. The second-order valence-corrected chi connectivity index (χ2v) is 14.3. The maximum absolute atomic E-state index is 13.2. The molecule has 1 aromatic carbocycles. The molecule has 5 aliphatic rings. The number of rotatable bonds is 4. The van der Waals surface area contributed by atoms with Gasteiger partial charge in [-0.1, -0.05) is 45.0 Å². The maximum atomic E-state index is 13.2. The molecule has 1 heterocycles. The molecule has 0 aromatic heterocycles. The van der Waals surface area contributed by atoms with E-state index in [9.17, 15) is 15.0 Å². The Morgan fingerprint density at radius 2 is 1.73 bits per heavy atom. The highest BCUT2D eigenvalue weighted by molar-refractivity contribution is 5.76. The van der Waals surface area contributed by atoms with E-state index >= 15 is 0 Å². The second-order valence-electron chi connectivity index (χ2n) is 14.3. The number of benzene rings is 1. The molecule has 10 atom stereocenters. The van der Waals surface area contributed by atoms with E-state index in [2.05, 4.69) is 49.9 Å². The normalized spacial score (nSPS) is 43.8. The number of aliphatic hydroxyl groups excluding tert-OH is 2. The zero-order valence-electron chi connectivity index (χ0n) is 23.4. The third-order valence-electron chi connectivity index (χ3n) is 12.7. The molecule has 0 saturated heterocycles. The van der Waals surface area contributed by atoms with Crippen LogP contribution in [0.25, 0.3) is 0 Å². The van der Waals surface area contributed by atoms with Crippen LogP contribution in [0.3, 0.4) is 0 Å². The molecule has 204 valence electrons. The Labute approximate surface area is 224 Å². The van der Waals surface area contributed by atoms with Gasteiger partial charge in [-0.05, 0) is 122 Å². The molecule has 2 N–H and O–H groups in total. The zero-order chi connectivity index (χ0) is 25.9. The van der Waals surface area contributed by atoms with Crippen LogP contribution in [0.15, 0.2) is 24.3 Å². The van der Waals surface area contributed by atoms with Gasteiger partial charge in [0.1, 0.15) is 0 Å². The predicted octanol–water partition coefficient (Wildman–Crippen LogP) is 5.98. The lowest BCUT2D eigenvalue weighted by Crippen LogP contribution is -2.58. The Bertz CT molecular complexity index is 1010. The predicted molar refractivity (Wildman–Crippen MR) is 147 cm³/mol. The number of amides is 1. The van der Waals surface area contributed by atoms with Gasteiger partial charge in [-0.2, -0.15) is 0 Å². The molecule has 0 radical (unpaired) electrons. The molecule has 4 saturated carbocycles. The molecule has 4 nitrogen and oxygen atoms in total. The van der Waals surface area contributed by atoms with Crippen LogP contribution in [-0.2, 0) is 17.8 Å². The Morgan fingerprint density at radius 1 is 1.00 bits per heavy atom. The van der Waals surface area contributed by atoms with Crippen molar-refractivity contribution in [2.45, 2.75) is 110 Å². The lowest BCUT2D eigenvalue weighted by atomic mass is 9.43. The van der Waals surface area contributed by atoms with E-state index in [1.807, 2.05) is 0 Å². The van der Waals surface area contributed by atoms with Crippen molar-refractivity contribution in [1.29, 1.82) is 0 Å². The third kappa shape index (κ3) is 4.29. The van der Waals surface area contributed by atoms with Gasteiger partial charge in [0, 0.05) is 19.5 Å². The van der Waals surface area contributed by atoms with E-state index in [1.165, 1.54) is 36.8 Å². The Kier molecular flexibility index (Phi) is 6.75. The Morgan fingerprint density at radius 3 is 2.54 bits per heavy atom. The minimum atomic E-state index is -0.212. The average molecular weight is 508 g/mol. The van der Waals surface area contributed by atoms with Gasteiger partial charge in [0.15, 0.2) is 0 Å². The van der Waals surface area contributed by atoms with Crippen molar-refractivity contribution >= 4 is 5.91 Å². The van der Waals surface area contributed by atoms with Crippen molar-refractivity contribution in [3.8, 4) is 0 Å². The van der Waals surface area contributed by atoms with Crippen LogP contribution in [-0.4, -0.2) is 39.8 Å². The summed E-state index contributed by atoms with van der Waals surface area (Å²) in [7, 11) is 0. The SMILES string of the molecule is C[C@H](CCC(=O)N1CCc2ccccc2C1)[C@H]1CC[C@H]2[C@@H]3[C@H](O)C[C@@H]4C[C@H](O)CC[C@]4(C)[C@H]3CC[C@]12C. The topological polar surface area (TPSA) is 60.8 Å². The number of aliphatic hydroxyl groups is 2. The molecule has 1 amide bonds. The fourth-order valence-electron chi connectivity index (χ4n) is 10.6. The molecule has 37 heavy (non-hydrogen) atoms. The molecule has 0 bridgehead atoms. The minimum Gasteiger partial charge on any atom is -0.393 e. The van der Waals surface area contributed by atoms with Crippen molar-refractivity contribution in [2.75, 3.05) is 6.54 Å². The first-order valence-electron chi connectivity index (χ1n) is 15.4. The van der Waals surface area contributed by atoms with Gasteiger partial charge in [0.25, 0.3) is 0 Å². The summed E-state index contributed by atoms with van der Waals surface area (Å²) in [6.07, 6.45) is 11.1. The van der Waals surface area contributed by atoms with Gasteiger partial charge >= 0.3 is 0 Å². The highest BCUT2D eigenvalue weighted by Gasteiger charge is 2.62. The van der Waals surface area contributed by atoms with Crippen LogP contribution in [0.1, 0.15) is 96.1 Å². The summed E-state index contributed by atoms with van der Waals surface area (Å²) in [4.78, 5) is 15.3. The third-order valence-corrected chi connectivity index (χ3v) is 12.7. The van der Waals surface area contributed by atoms with E-state index in [0.717, 1.165) is 51.6 Å². The first-order valence-corrected chi connectivity index (χ1v) is 15.4. The summed E-state index contributed by atoms with van der Waals surface area (Å²) in [5.74, 6) is 3.62. The van der Waals surface area contributed by atoms with Crippen LogP contribution in [0.2, 0.25) is 0 Å². The fraction of sp³-hybridized carbons (Fsp3) is 0.788. The molecule has 4 heteroatoms. The summed E-state index contributed by atoms with van der Waals surface area (Å²) in [5.41, 5.74) is 3.28. The second kappa shape index (κ2) is 9.66. The number of nitrogens with zero attached hydrogens (tertiary/aromatic N) is 1. The van der Waals surface area contributed by atoms with E-state index in [-0.39, 0.29) is 23.0 Å². The smallest absolute Gasteiger partial charge is 0.222 e. The number of hydrogen-bond acceptors (Lipinski definition) is 3. The molecule has 4 fully saturated rings. The highest BCUT2D eigenvalue weighted by atomic mass is 16.3. The molecule has 0 spiro atoms. The standard InChI is InChI=1S/C33H49NO3/c1-21(8-11-30(37)34-17-14-22-6-4-5-7-23(22)20-34)26-9-10-27-31-28(13-16-33(26,27)3)32(2)15-12-25(35)18-24(32)19-29(31)36/h4-7,21,24-29,31,35-36H,8-20H2,1-3H3/t21-,24+,25-,26-,27+,28+,29-,31+,32+,33-/m1/s1. The number of carbonyl (C=O) groups is 1. The number of carbonyl (C=O) groups excluding carboxylic acids is 1. The van der Waals surface area contributed by atoms with Crippen molar-refractivity contribution in [3.63, 3.8) is 0 Å². The van der Waals surface area contributed by atoms with Gasteiger partial charge in [-0.3, -0.25) is 4.79 Å². The number of fused-ring (bicyclic) bond motifs is 6. The van der Waals surface area contributed by atoms with Crippen LogP contribution in [0, 0.1) is 46.3 Å². The summed E-state index contributed by atoms with van der Waals surface area (Å²) in [5, 5.41) is 21.8. The number of hydrogen-bond donors (Lipinski definition) is 2. The quantitative estimate of drug-likeness (QED) is 0.527. The Balaban J connectivity index is 1.10. The van der Waals surface area contributed by atoms with Gasteiger partial charge in [-0.15, -0.1) is 0 Å². The van der Waals surface area contributed by atoms with Gasteiger partial charge in [0.2, 0.25) is 5.91 Å². The van der Waals surface area contributed by atoms with Crippen molar-refractivity contribution in [3.05, 3.63) is 35.4 Å². The summed E-state index contributed by atoms with van der Waals surface area (Å²) < 4.78 is 0. The average Bonchev–Trinajstić information content (AvgIpc) is 3.25. The van der Waals surface area contributed by atoms with Crippen LogP contribution in [0.5, 0.6) is 0 Å². The lowest BCUT2D eigenvalue weighted by molar-refractivity contribution is -0.174. The minimum absolute atomic E-state index is 0.171. The van der Waals surface area contributed by atoms with Crippen LogP contribution in [0.4, 0.5) is 0 Å². The van der Waals surface area contributed by atoms with Gasteiger partial charge in [-0.25, -0.2) is 0 Å². The highest BCUT2D eigenvalue weighted by Crippen LogP contribution is 2.68. The Hall–Kier alpha value is -1.39. The van der Waals surface area contributed by atoms with E-state index in [1.54, 1.807) is 0 Å². The zero-order valence-corrected chi connectivity index (χ0v) is 23.4. The summed E-state index contributed by atoms with van der Waals surface area (Å²) in [6.45, 7) is 9.06. The summed E-state index contributed by atoms with van der Waals surface area (Å²) >= 11 is 0. The molecule has 0 unspecified atom stereocenters. The van der Waals surface area contributed by atoms with E-state index < -0.39 is 0 Å². The van der Waals surface area contributed by atoms with Crippen LogP contribution < -0.4 is 0 Å². The lowest BCUT2D eigenvalue weighted by Gasteiger charge is -2.62. The van der Waals surface area contributed by atoms with Crippen molar-refractivity contribution < 1.29 is 15.0 Å². The van der Waals surface area contributed by atoms with Crippen molar-refractivity contribution in [2.24, 2.45) is 46.3 Å². The van der Waals surface area contributed by atoms with Crippen LogP contribution >= 0.6 is 0 Å². The molecule has 1 aliphatic heterocycles. The molecular formula is C33H49NO3. The monoisotopic (exact) mass is 507 g/mol. The van der Waals surface area contributed by atoms with Gasteiger partial charge in [0.05, 0.1) is 12.2 Å². The maximum Gasteiger partial charge on any atom is 0.222 e. The first-order chi connectivity index (χ1) is 17.7. The van der Waals surface area contributed by atoms with E-state index in [4.69, 9.17) is 0 Å². The molecule has 4 aliphatic carbocycles. The van der Waals surface area contributed by atoms with E-state index in [0.29, 0.717) is 47.8 Å². The largest absolute Gasteiger partial charge is 0.393 e. The fourth-order valence-corrected chi connectivity index (χ4v) is 10.6. The van der Waals surface area contributed by atoms with Crippen molar-refractivity contribution in [1.82, 2.24) is 4.90 Å². The molecular weight excluding hydrogens is 458 g/mol. The summed E-state index contributed by atoms with van der Waals surface area (Å²) in [6, 6.07) is 8.56. The molecule has 6 rings (SSSR count).